The van der Waals surface area contributed by atoms with Crippen LogP contribution < -0.4 is 5.32 Å². The monoisotopic (exact) mass is 260 g/mol. The minimum absolute atomic E-state index is 0.221. The molecule has 0 fully saturated rings. The van der Waals surface area contributed by atoms with Crippen LogP contribution in [0, 0.1) is 0 Å². The van der Waals surface area contributed by atoms with Crippen LogP contribution in [0.25, 0.3) is 0 Å². The van der Waals surface area contributed by atoms with Crippen LogP contribution in [0.1, 0.15) is 18.4 Å². The summed E-state index contributed by atoms with van der Waals surface area (Å²) in [5.41, 5.74) is 2.76. The summed E-state index contributed by atoms with van der Waals surface area (Å²) in [6, 6.07) is 9.51. The van der Waals surface area contributed by atoms with Crippen LogP contribution in [0.5, 0.6) is 0 Å². The van der Waals surface area contributed by atoms with Crippen LogP contribution in [-0.2, 0) is 11.3 Å². The molecule has 0 bridgehead atoms. The number of benzene rings is 1. The fraction of sp³-hybridized carbons (Fsp3) is 0.357. The molecular formula is C14H16N2O3. The number of ether oxygens (including phenoxy) is 1. The third-order valence-corrected chi connectivity index (χ3v) is 3.43. The van der Waals surface area contributed by atoms with E-state index in [1.807, 2.05) is 30.3 Å². The highest BCUT2D eigenvalue weighted by Gasteiger charge is 2.37. The molecule has 0 spiro atoms. The van der Waals surface area contributed by atoms with Crippen molar-refractivity contribution in [2.75, 3.05) is 6.54 Å². The van der Waals surface area contributed by atoms with Gasteiger partial charge in [-0.25, -0.2) is 4.79 Å². The molecule has 0 radical (unpaired) electrons. The van der Waals surface area contributed by atoms with E-state index in [9.17, 15) is 9.90 Å². The highest BCUT2D eigenvalue weighted by molar-refractivity contribution is 5.71. The third-order valence-electron chi connectivity index (χ3n) is 3.43. The minimum atomic E-state index is -0.805. The van der Waals surface area contributed by atoms with E-state index in [0.717, 1.165) is 29.9 Å². The van der Waals surface area contributed by atoms with Gasteiger partial charge in [0.2, 0.25) is 0 Å². The Morgan fingerprint density at radius 1 is 1.42 bits per heavy atom. The first-order valence-corrected chi connectivity index (χ1v) is 6.39. The van der Waals surface area contributed by atoms with Crippen molar-refractivity contribution in [2.45, 2.75) is 25.7 Å². The van der Waals surface area contributed by atoms with Gasteiger partial charge in [0, 0.05) is 30.8 Å². The molecule has 5 heteroatoms. The summed E-state index contributed by atoms with van der Waals surface area (Å²) in [5.74, 6) is 0. The zero-order valence-electron chi connectivity index (χ0n) is 10.5. The van der Waals surface area contributed by atoms with Gasteiger partial charge in [-0.1, -0.05) is 30.3 Å². The van der Waals surface area contributed by atoms with E-state index in [2.05, 4.69) is 5.32 Å². The van der Waals surface area contributed by atoms with Gasteiger partial charge in [-0.2, -0.15) is 0 Å². The Labute approximate surface area is 111 Å². The average Bonchev–Trinajstić information content (AvgIpc) is 2.97. The van der Waals surface area contributed by atoms with Crippen LogP contribution in [0.15, 0.2) is 41.7 Å². The highest BCUT2D eigenvalue weighted by Crippen LogP contribution is 2.32. The topological polar surface area (TPSA) is 61.8 Å². The van der Waals surface area contributed by atoms with Crippen LogP contribution in [-0.4, -0.2) is 28.9 Å². The molecule has 2 heterocycles. The Balaban J connectivity index is 1.64. The van der Waals surface area contributed by atoms with Crippen LogP contribution >= 0.6 is 0 Å². The predicted octanol–water partition coefficient (Wildman–Crippen LogP) is 1.55. The number of carbonyl (C=O) groups excluding carboxylic acids is 1. The summed E-state index contributed by atoms with van der Waals surface area (Å²) in [4.78, 5) is 13.4. The number of nitrogens with one attached hydrogen (secondary N) is 1. The predicted molar refractivity (Wildman–Crippen MR) is 68.7 cm³/mol. The van der Waals surface area contributed by atoms with Gasteiger partial charge in [-0.05, 0) is 5.56 Å². The van der Waals surface area contributed by atoms with E-state index >= 15 is 0 Å². The molecule has 2 aliphatic heterocycles. The molecule has 1 aromatic rings. The lowest BCUT2D eigenvalue weighted by Gasteiger charge is -2.22. The molecule has 0 saturated heterocycles. The molecule has 1 unspecified atom stereocenters. The molecule has 0 aromatic heterocycles. The van der Waals surface area contributed by atoms with Crippen LogP contribution in [0.3, 0.4) is 0 Å². The van der Waals surface area contributed by atoms with Gasteiger partial charge in [0.15, 0.2) is 0 Å². The first-order valence-electron chi connectivity index (χ1n) is 6.39. The van der Waals surface area contributed by atoms with Crippen molar-refractivity contribution in [1.82, 2.24) is 10.2 Å². The summed E-state index contributed by atoms with van der Waals surface area (Å²) in [5, 5.41) is 13.1. The zero-order valence-corrected chi connectivity index (χ0v) is 10.5. The Kier molecular flexibility index (Phi) is 3.13. The molecule has 1 atom stereocenters. The molecule has 2 N–H and O–H groups in total. The maximum absolute atomic E-state index is 12.1. The van der Waals surface area contributed by atoms with Gasteiger partial charge < -0.3 is 15.2 Å². The summed E-state index contributed by atoms with van der Waals surface area (Å²) in [6.07, 6.45) is -0.0612. The third kappa shape index (κ3) is 2.29. The van der Waals surface area contributed by atoms with Gasteiger partial charge in [0.25, 0.3) is 0 Å². The van der Waals surface area contributed by atoms with Gasteiger partial charge in [-0.15, -0.1) is 0 Å². The lowest BCUT2D eigenvalue weighted by atomic mass is 10.2. The molecule has 1 amide bonds. The SMILES string of the molecule is O=C(OCc1ccccc1)N1C2=C(CC1O)NCC2. The molecule has 3 rings (SSSR count). The largest absolute Gasteiger partial charge is 0.444 e. The maximum Gasteiger partial charge on any atom is 0.416 e. The van der Waals surface area contributed by atoms with E-state index in [-0.39, 0.29) is 6.61 Å². The van der Waals surface area contributed by atoms with Gasteiger partial charge >= 0.3 is 6.09 Å². The van der Waals surface area contributed by atoms with Crippen molar-refractivity contribution in [3.8, 4) is 0 Å². The molecule has 0 aliphatic carbocycles. The normalized spacial score (nSPS) is 21.3. The van der Waals surface area contributed by atoms with E-state index in [0.29, 0.717) is 6.42 Å². The van der Waals surface area contributed by atoms with E-state index in [1.165, 1.54) is 4.90 Å². The first-order chi connectivity index (χ1) is 9.25. The van der Waals surface area contributed by atoms with Crippen LogP contribution in [0.4, 0.5) is 4.79 Å². The van der Waals surface area contributed by atoms with Crippen molar-refractivity contribution in [3.63, 3.8) is 0 Å². The number of rotatable bonds is 2. The van der Waals surface area contributed by atoms with Crippen molar-refractivity contribution in [1.29, 1.82) is 0 Å². The standard InChI is InChI=1S/C14H16N2O3/c17-13-8-11-12(6-7-15-11)16(13)14(18)19-9-10-4-2-1-3-5-10/h1-5,13,15,17H,6-9H2. The summed E-state index contributed by atoms with van der Waals surface area (Å²) in [7, 11) is 0. The number of carbonyl (C=O) groups is 1. The summed E-state index contributed by atoms with van der Waals surface area (Å²) < 4.78 is 5.26. The summed E-state index contributed by atoms with van der Waals surface area (Å²) in [6.45, 7) is 1.04. The van der Waals surface area contributed by atoms with Gasteiger partial charge in [0.05, 0.1) is 0 Å². The van der Waals surface area contributed by atoms with Crippen molar-refractivity contribution in [2.24, 2.45) is 0 Å². The van der Waals surface area contributed by atoms with Crippen LogP contribution in [0.2, 0.25) is 0 Å². The minimum Gasteiger partial charge on any atom is -0.444 e. The Morgan fingerprint density at radius 2 is 2.21 bits per heavy atom. The number of aliphatic hydroxyl groups excluding tert-OH is 1. The van der Waals surface area contributed by atoms with Gasteiger partial charge in [0.1, 0.15) is 12.8 Å². The fourth-order valence-electron chi connectivity index (χ4n) is 2.52. The van der Waals surface area contributed by atoms with Crippen molar-refractivity contribution < 1.29 is 14.6 Å². The van der Waals surface area contributed by atoms with Gasteiger partial charge in [-0.3, -0.25) is 4.90 Å². The molecule has 5 nitrogen and oxygen atoms in total. The Morgan fingerprint density at radius 3 is 3.00 bits per heavy atom. The maximum atomic E-state index is 12.1. The lowest BCUT2D eigenvalue weighted by Crippen LogP contribution is -2.36. The molecule has 19 heavy (non-hydrogen) atoms. The number of aliphatic hydroxyl groups is 1. The van der Waals surface area contributed by atoms with Crippen molar-refractivity contribution >= 4 is 6.09 Å². The Bertz CT molecular complexity index is 513. The number of nitrogens with zero attached hydrogens (tertiary/aromatic N) is 1. The second-order valence-electron chi connectivity index (χ2n) is 4.70. The van der Waals surface area contributed by atoms with E-state index in [4.69, 9.17) is 4.74 Å². The quantitative estimate of drug-likeness (QED) is 0.847. The lowest BCUT2D eigenvalue weighted by molar-refractivity contribution is 0.0254. The second kappa shape index (κ2) is 4.93. The molecule has 100 valence electrons. The van der Waals surface area contributed by atoms with E-state index < -0.39 is 12.3 Å². The fourth-order valence-corrected chi connectivity index (χ4v) is 2.52. The molecular weight excluding hydrogens is 244 g/mol. The number of hydrogen-bond donors (Lipinski definition) is 2. The van der Waals surface area contributed by atoms with Crippen molar-refractivity contribution in [3.05, 3.63) is 47.3 Å². The number of hydrogen-bond acceptors (Lipinski definition) is 4. The van der Waals surface area contributed by atoms with E-state index in [1.54, 1.807) is 0 Å². The zero-order chi connectivity index (χ0) is 13.2. The number of amides is 1. The Hall–Kier alpha value is -2.01. The molecule has 0 saturated carbocycles. The first kappa shape index (κ1) is 12.0. The molecule has 1 aromatic carbocycles. The molecule has 2 aliphatic rings. The average molecular weight is 260 g/mol. The highest BCUT2D eigenvalue weighted by atomic mass is 16.6. The second-order valence-corrected chi connectivity index (χ2v) is 4.70. The summed E-state index contributed by atoms with van der Waals surface area (Å²) >= 11 is 0. The smallest absolute Gasteiger partial charge is 0.416 e.